The van der Waals surface area contributed by atoms with Crippen LogP contribution < -0.4 is 16.0 Å². The summed E-state index contributed by atoms with van der Waals surface area (Å²) >= 11 is 5.92. The number of aromatic nitrogens is 2. The molecule has 0 spiro atoms. The SMILES string of the molecule is CC(C)(C)OC(=O)Nc1cnc2c(NC(=O)C3CCC(N4CCCC4)CC3)c(C(=O)Nc3ccc(Cl)cn3)oc2c1. The third-order valence-corrected chi connectivity index (χ3v) is 7.55. The van der Waals surface area contributed by atoms with E-state index in [2.05, 4.69) is 30.8 Å². The lowest BCUT2D eigenvalue weighted by molar-refractivity contribution is -0.121. The zero-order chi connectivity index (χ0) is 29.1. The van der Waals surface area contributed by atoms with Gasteiger partial charge in [0.1, 0.15) is 22.6 Å². The lowest BCUT2D eigenvalue weighted by atomic mass is 9.85. The topological polar surface area (TPSA) is 139 Å². The fourth-order valence-electron chi connectivity index (χ4n) is 5.40. The molecule has 3 aromatic heterocycles. The number of nitrogens with one attached hydrogen (secondary N) is 3. The van der Waals surface area contributed by atoms with Gasteiger partial charge in [0.2, 0.25) is 11.7 Å². The van der Waals surface area contributed by atoms with Crippen molar-refractivity contribution < 1.29 is 23.5 Å². The molecule has 0 aromatic carbocycles. The Morgan fingerprint density at radius 2 is 1.73 bits per heavy atom. The molecular weight excluding hydrogens is 548 g/mol. The number of halogens is 1. The van der Waals surface area contributed by atoms with Crippen LogP contribution >= 0.6 is 11.6 Å². The van der Waals surface area contributed by atoms with Crippen LogP contribution in [0.15, 0.2) is 35.0 Å². The standard InChI is InChI=1S/C29H35ClN6O5/c1-29(2,3)41-28(39)33-19-14-21-23(32-16-19)24(25(40-21)27(38)34-22-11-8-18(30)15-31-22)35-26(37)17-6-9-20(10-7-17)36-12-4-5-13-36/h8,11,14-17,20H,4-7,9-10,12-13H2,1-3H3,(H,33,39)(H,35,37)(H,31,34,38). The summed E-state index contributed by atoms with van der Waals surface area (Å²) in [6.07, 6.45) is 8.14. The summed E-state index contributed by atoms with van der Waals surface area (Å²) in [5.41, 5.74) is 0.291. The molecule has 1 aliphatic heterocycles. The molecule has 4 heterocycles. The van der Waals surface area contributed by atoms with Gasteiger partial charge in [0.05, 0.1) is 16.9 Å². The molecule has 11 nitrogen and oxygen atoms in total. The van der Waals surface area contributed by atoms with Gasteiger partial charge in [0.15, 0.2) is 5.58 Å². The first-order valence-corrected chi connectivity index (χ1v) is 14.3. The highest BCUT2D eigenvalue weighted by molar-refractivity contribution is 6.30. The molecule has 12 heteroatoms. The van der Waals surface area contributed by atoms with Crippen molar-refractivity contribution >= 4 is 57.8 Å². The number of hydrogen-bond acceptors (Lipinski definition) is 8. The van der Waals surface area contributed by atoms with Gasteiger partial charge in [0.25, 0.3) is 5.91 Å². The molecule has 0 atom stereocenters. The monoisotopic (exact) mass is 582 g/mol. The van der Waals surface area contributed by atoms with E-state index in [1.165, 1.54) is 31.3 Å². The number of rotatable bonds is 6. The highest BCUT2D eigenvalue weighted by atomic mass is 35.5. The summed E-state index contributed by atoms with van der Waals surface area (Å²) in [7, 11) is 0. The molecule has 218 valence electrons. The number of carbonyl (C=O) groups is 3. The number of amides is 3. The minimum atomic E-state index is -0.682. The first kappa shape index (κ1) is 28.8. The number of carbonyl (C=O) groups excluding carboxylic acids is 3. The van der Waals surface area contributed by atoms with Gasteiger partial charge < -0.3 is 24.7 Å². The average Bonchev–Trinajstić information content (AvgIpc) is 3.58. The molecule has 5 rings (SSSR count). The van der Waals surface area contributed by atoms with Crippen molar-refractivity contribution in [3.05, 3.63) is 41.4 Å². The molecule has 3 N–H and O–H groups in total. The second-order valence-electron chi connectivity index (χ2n) is 11.6. The minimum Gasteiger partial charge on any atom is -0.447 e. The second kappa shape index (κ2) is 12.0. The van der Waals surface area contributed by atoms with Crippen LogP contribution in [0.5, 0.6) is 0 Å². The van der Waals surface area contributed by atoms with Gasteiger partial charge in [-0.25, -0.2) is 14.8 Å². The maximum Gasteiger partial charge on any atom is 0.412 e. The number of pyridine rings is 2. The smallest absolute Gasteiger partial charge is 0.412 e. The van der Waals surface area contributed by atoms with Crippen molar-refractivity contribution in [1.29, 1.82) is 0 Å². The van der Waals surface area contributed by atoms with Crippen LogP contribution in [0, 0.1) is 5.92 Å². The van der Waals surface area contributed by atoms with E-state index in [9.17, 15) is 14.4 Å². The highest BCUT2D eigenvalue weighted by Crippen LogP contribution is 2.35. The Balaban J connectivity index is 1.37. The van der Waals surface area contributed by atoms with E-state index in [0.717, 1.165) is 38.8 Å². The van der Waals surface area contributed by atoms with Gasteiger partial charge in [-0.15, -0.1) is 0 Å². The predicted molar refractivity (Wildman–Crippen MR) is 156 cm³/mol. The Hall–Kier alpha value is -3.70. The van der Waals surface area contributed by atoms with Crippen LogP contribution in [0.2, 0.25) is 5.02 Å². The van der Waals surface area contributed by atoms with E-state index in [0.29, 0.717) is 16.8 Å². The third-order valence-electron chi connectivity index (χ3n) is 7.32. The summed E-state index contributed by atoms with van der Waals surface area (Å²) in [6, 6.07) is 5.21. The maximum atomic E-state index is 13.4. The maximum absolute atomic E-state index is 13.4. The Morgan fingerprint density at radius 3 is 2.39 bits per heavy atom. The molecule has 3 amide bonds. The minimum absolute atomic E-state index is 0.127. The zero-order valence-electron chi connectivity index (χ0n) is 23.5. The van der Waals surface area contributed by atoms with E-state index in [-0.39, 0.29) is 40.2 Å². The lowest BCUT2D eigenvalue weighted by Gasteiger charge is -2.33. The van der Waals surface area contributed by atoms with Crippen molar-refractivity contribution in [1.82, 2.24) is 14.9 Å². The number of furan rings is 1. The second-order valence-corrected chi connectivity index (χ2v) is 12.0. The highest BCUT2D eigenvalue weighted by Gasteiger charge is 2.32. The van der Waals surface area contributed by atoms with Gasteiger partial charge in [-0.05, 0) is 84.5 Å². The molecule has 1 aliphatic carbocycles. The van der Waals surface area contributed by atoms with Gasteiger partial charge in [-0.1, -0.05) is 11.6 Å². The molecule has 41 heavy (non-hydrogen) atoms. The number of nitrogens with zero attached hydrogens (tertiary/aromatic N) is 3. The van der Waals surface area contributed by atoms with Crippen molar-refractivity contribution in [3.63, 3.8) is 0 Å². The zero-order valence-corrected chi connectivity index (χ0v) is 24.2. The van der Waals surface area contributed by atoms with Crippen LogP contribution in [-0.2, 0) is 9.53 Å². The molecule has 0 unspecified atom stereocenters. The van der Waals surface area contributed by atoms with E-state index in [4.69, 9.17) is 20.8 Å². The van der Waals surface area contributed by atoms with E-state index in [1.54, 1.807) is 32.9 Å². The molecule has 3 aromatic rings. The van der Waals surface area contributed by atoms with Gasteiger partial charge in [0, 0.05) is 24.2 Å². The van der Waals surface area contributed by atoms with Crippen molar-refractivity contribution in [2.75, 3.05) is 29.0 Å². The summed E-state index contributed by atoms with van der Waals surface area (Å²) in [5.74, 6) is -0.840. The van der Waals surface area contributed by atoms with Crippen LogP contribution in [-0.4, -0.2) is 57.5 Å². The number of hydrogen-bond donors (Lipinski definition) is 3. The summed E-state index contributed by atoms with van der Waals surface area (Å²) in [4.78, 5) is 50.1. The van der Waals surface area contributed by atoms with Crippen LogP contribution in [0.4, 0.5) is 22.0 Å². The van der Waals surface area contributed by atoms with Crippen molar-refractivity contribution in [2.24, 2.45) is 5.92 Å². The molecule has 0 radical (unpaired) electrons. The molecule has 1 saturated carbocycles. The normalized spacial score (nSPS) is 19.6. The van der Waals surface area contributed by atoms with E-state index < -0.39 is 17.6 Å². The van der Waals surface area contributed by atoms with Crippen molar-refractivity contribution in [2.45, 2.75) is 70.9 Å². The average molecular weight is 583 g/mol. The van der Waals surface area contributed by atoms with E-state index in [1.807, 2.05) is 0 Å². The van der Waals surface area contributed by atoms with Gasteiger partial charge in [-0.3, -0.25) is 14.9 Å². The summed E-state index contributed by atoms with van der Waals surface area (Å²) in [6.45, 7) is 7.55. The van der Waals surface area contributed by atoms with E-state index >= 15 is 0 Å². The quantitative estimate of drug-likeness (QED) is 0.318. The molecular formula is C29H35ClN6O5. The first-order valence-electron chi connectivity index (χ1n) is 14.0. The molecule has 1 saturated heterocycles. The van der Waals surface area contributed by atoms with Crippen LogP contribution in [0.1, 0.15) is 69.9 Å². The van der Waals surface area contributed by atoms with Gasteiger partial charge in [-0.2, -0.15) is 0 Å². The molecule has 0 bridgehead atoms. The number of anilines is 3. The lowest BCUT2D eigenvalue weighted by Crippen LogP contribution is -2.38. The number of ether oxygens (including phenoxy) is 1. The number of fused-ring (bicyclic) bond motifs is 1. The summed E-state index contributed by atoms with van der Waals surface area (Å²) in [5, 5.41) is 8.64. The summed E-state index contributed by atoms with van der Waals surface area (Å²) < 4.78 is 11.2. The Bertz CT molecular complexity index is 1420. The fourth-order valence-corrected chi connectivity index (χ4v) is 5.51. The van der Waals surface area contributed by atoms with Crippen molar-refractivity contribution in [3.8, 4) is 0 Å². The number of likely N-dealkylation sites (tertiary alicyclic amines) is 1. The Morgan fingerprint density at radius 1 is 1.00 bits per heavy atom. The third kappa shape index (κ3) is 7.15. The Labute approximate surface area is 243 Å². The van der Waals surface area contributed by atoms with Gasteiger partial charge >= 0.3 is 6.09 Å². The largest absolute Gasteiger partial charge is 0.447 e. The molecule has 2 fully saturated rings. The fraction of sp³-hybridized carbons (Fsp3) is 0.483. The van der Waals surface area contributed by atoms with Crippen LogP contribution in [0.3, 0.4) is 0 Å². The van der Waals surface area contributed by atoms with Crippen LogP contribution in [0.25, 0.3) is 11.1 Å². The first-order chi connectivity index (χ1) is 19.6. The predicted octanol–water partition coefficient (Wildman–Crippen LogP) is 6.07. The molecule has 2 aliphatic rings. The Kier molecular flexibility index (Phi) is 8.46.